The zero-order chi connectivity index (χ0) is 15.9. The van der Waals surface area contributed by atoms with Gasteiger partial charge < -0.3 is 15.1 Å². The van der Waals surface area contributed by atoms with E-state index in [4.69, 9.17) is 4.99 Å². The number of benzene rings is 1. The molecule has 4 nitrogen and oxygen atoms in total. The summed E-state index contributed by atoms with van der Waals surface area (Å²) in [6.45, 7) is 8.36. The highest BCUT2D eigenvalue weighted by Crippen LogP contribution is 2.17. The van der Waals surface area contributed by atoms with E-state index in [0.717, 1.165) is 38.1 Å². The number of likely N-dealkylation sites (tertiary alicyclic amines) is 1. The summed E-state index contributed by atoms with van der Waals surface area (Å²) in [7, 11) is 4.14. The Balaban J connectivity index is 0.00000264. The van der Waals surface area contributed by atoms with Gasteiger partial charge in [0.25, 0.3) is 0 Å². The number of nitrogens with one attached hydrogen (secondary N) is 1. The van der Waals surface area contributed by atoms with E-state index in [1.54, 1.807) is 0 Å². The van der Waals surface area contributed by atoms with Gasteiger partial charge in [-0.2, -0.15) is 0 Å². The zero-order valence-electron chi connectivity index (χ0n) is 14.9. The maximum absolute atomic E-state index is 4.85. The van der Waals surface area contributed by atoms with Crippen molar-refractivity contribution >= 4 is 35.6 Å². The van der Waals surface area contributed by atoms with Crippen LogP contribution in [-0.2, 0) is 6.54 Å². The SMILES string of the molecule is CCNC(=NCc1cccc(N(C)C)c1)N1CCC(C)CC1.I. The van der Waals surface area contributed by atoms with Gasteiger partial charge >= 0.3 is 0 Å². The summed E-state index contributed by atoms with van der Waals surface area (Å²) < 4.78 is 0. The van der Waals surface area contributed by atoms with Crippen molar-refractivity contribution in [3.63, 3.8) is 0 Å². The number of aliphatic imine (C=N–C) groups is 1. The predicted octanol–water partition coefficient (Wildman–Crippen LogP) is 3.57. The van der Waals surface area contributed by atoms with Gasteiger partial charge in [-0.25, -0.2) is 4.99 Å². The van der Waals surface area contributed by atoms with E-state index in [1.807, 2.05) is 0 Å². The van der Waals surface area contributed by atoms with Crippen molar-refractivity contribution in [3.8, 4) is 0 Å². The average molecular weight is 430 g/mol. The first-order chi connectivity index (χ1) is 10.6. The van der Waals surface area contributed by atoms with E-state index in [9.17, 15) is 0 Å². The number of hydrogen-bond acceptors (Lipinski definition) is 2. The molecule has 1 aliphatic heterocycles. The first-order valence-corrected chi connectivity index (χ1v) is 8.39. The second-order valence-electron chi connectivity index (χ2n) is 6.40. The number of piperidine rings is 1. The topological polar surface area (TPSA) is 30.9 Å². The first-order valence-electron chi connectivity index (χ1n) is 8.39. The molecule has 1 N–H and O–H groups in total. The predicted molar refractivity (Wildman–Crippen MR) is 111 cm³/mol. The standard InChI is InChI=1S/C18H30N4.HI/c1-5-19-18(22-11-9-15(2)10-12-22)20-14-16-7-6-8-17(13-16)21(3)4;/h6-8,13,15H,5,9-12,14H2,1-4H3,(H,19,20);1H. The van der Waals surface area contributed by atoms with Crippen LogP contribution >= 0.6 is 24.0 Å². The van der Waals surface area contributed by atoms with Crippen molar-refractivity contribution in [2.75, 3.05) is 38.6 Å². The minimum Gasteiger partial charge on any atom is -0.378 e. The Bertz CT molecular complexity index is 494. The third-order valence-corrected chi connectivity index (χ3v) is 4.26. The molecule has 1 aromatic rings. The van der Waals surface area contributed by atoms with Gasteiger partial charge in [0.15, 0.2) is 5.96 Å². The van der Waals surface area contributed by atoms with Crippen LogP contribution in [0.3, 0.4) is 0 Å². The molecular weight excluding hydrogens is 399 g/mol. The Morgan fingerprint density at radius 3 is 2.61 bits per heavy atom. The second-order valence-corrected chi connectivity index (χ2v) is 6.40. The van der Waals surface area contributed by atoms with E-state index in [2.05, 4.69) is 67.3 Å². The highest BCUT2D eigenvalue weighted by Gasteiger charge is 2.18. The van der Waals surface area contributed by atoms with Crippen LogP contribution in [-0.4, -0.2) is 44.6 Å². The van der Waals surface area contributed by atoms with Gasteiger partial charge in [-0.15, -0.1) is 24.0 Å². The van der Waals surface area contributed by atoms with E-state index >= 15 is 0 Å². The lowest BCUT2D eigenvalue weighted by molar-refractivity contribution is 0.273. The van der Waals surface area contributed by atoms with Crippen molar-refractivity contribution in [2.45, 2.75) is 33.2 Å². The van der Waals surface area contributed by atoms with Crippen molar-refractivity contribution in [1.29, 1.82) is 0 Å². The zero-order valence-corrected chi connectivity index (χ0v) is 17.2. The molecule has 0 bridgehead atoms. The van der Waals surface area contributed by atoms with Crippen molar-refractivity contribution in [3.05, 3.63) is 29.8 Å². The molecule has 0 spiro atoms. The highest BCUT2D eigenvalue weighted by atomic mass is 127. The van der Waals surface area contributed by atoms with Gasteiger partial charge in [0.05, 0.1) is 6.54 Å². The van der Waals surface area contributed by atoms with Gasteiger partial charge in [-0.1, -0.05) is 19.1 Å². The fraction of sp³-hybridized carbons (Fsp3) is 0.611. The maximum Gasteiger partial charge on any atom is 0.194 e. The second kappa shape index (κ2) is 10.0. The van der Waals surface area contributed by atoms with Crippen LogP contribution in [0.1, 0.15) is 32.3 Å². The number of hydrogen-bond donors (Lipinski definition) is 1. The van der Waals surface area contributed by atoms with Crippen LogP contribution in [0.15, 0.2) is 29.3 Å². The minimum atomic E-state index is 0. The fourth-order valence-electron chi connectivity index (χ4n) is 2.75. The molecule has 0 unspecified atom stereocenters. The normalized spacial score (nSPS) is 16.0. The number of halogens is 1. The minimum absolute atomic E-state index is 0. The third kappa shape index (κ3) is 6.20. The molecule has 5 heteroatoms. The number of anilines is 1. The summed E-state index contributed by atoms with van der Waals surface area (Å²) >= 11 is 0. The summed E-state index contributed by atoms with van der Waals surface area (Å²) in [4.78, 5) is 9.38. The molecule has 23 heavy (non-hydrogen) atoms. The van der Waals surface area contributed by atoms with Crippen LogP contribution in [0.4, 0.5) is 5.69 Å². The first kappa shape index (κ1) is 20.1. The van der Waals surface area contributed by atoms with Crippen LogP contribution < -0.4 is 10.2 Å². The Labute approximate surface area is 158 Å². The Hall–Kier alpha value is -0.980. The van der Waals surface area contributed by atoms with Gasteiger partial charge in [0.2, 0.25) is 0 Å². The van der Waals surface area contributed by atoms with E-state index in [-0.39, 0.29) is 24.0 Å². The quantitative estimate of drug-likeness (QED) is 0.450. The number of nitrogens with zero attached hydrogens (tertiary/aromatic N) is 3. The monoisotopic (exact) mass is 430 g/mol. The molecule has 1 saturated heterocycles. The van der Waals surface area contributed by atoms with Crippen LogP contribution in [0.5, 0.6) is 0 Å². The molecule has 0 aromatic heterocycles. The summed E-state index contributed by atoms with van der Waals surface area (Å²) in [5.41, 5.74) is 2.48. The van der Waals surface area contributed by atoms with E-state index in [1.165, 1.54) is 24.1 Å². The molecule has 0 saturated carbocycles. The lowest BCUT2D eigenvalue weighted by Gasteiger charge is -2.33. The Morgan fingerprint density at radius 1 is 1.30 bits per heavy atom. The molecule has 1 heterocycles. The third-order valence-electron chi connectivity index (χ3n) is 4.26. The van der Waals surface area contributed by atoms with Crippen LogP contribution in [0.25, 0.3) is 0 Å². The summed E-state index contributed by atoms with van der Waals surface area (Å²) in [5, 5.41) is 3.44. The molecule has 1 aliphatic rings. The van der Waals surface area contributed by atoms with Crippen LogP contribution in [0, 0.1) is 5.92 Å². The lowest BCUT2D eigenvalue weighted by Crippen LogP contribution is -2.45. The molecular formula is C18H31IN4. The molecule has 1 fully saturated rings. The van der Waals surface area contributed by atoms with E-state index < -0.39 is 0 Å². The van der Waals surface area contributed by atoms with Crippen LogP contribution in [0.2, 0.25) is 0 Å². The highest BCUT2D eigenvalue weighted by molar-refractivity contribution is 14.0. The summed E-state index contributed by atoms with van der Waals surface area (Å²) in [6.07, 6.45) is 2.53. The lowest BCUT2D eigenvalue weighted by atomic mass is 10.00. The Morgan fingerprint density at radius 2 is 2.00 bits per heavy atom. The smallest absolute Gasteiger partial charge is 0.194 e. The van der Waals surface area contributed by atoms with Gasteiger partial charge in [-0.3, -0.25) is 0 Å². The molecule has 130 valence electrons. The van der Waals surface area contributed by atoms with Crippen molar-refractivity contribution < 1.29 is 0 Å². The summed E-state index contributed by atoms with van der Waals surface area (Å²) in [5.74, 6) is 1.90. The van der Waals surface area contributed by atoms with E-state index in [0.29, 0.717) is 0 Å². The molecule has 0 amide bonds. The van der Waals surface area contributed by atoms with Gasteiger partial charge in [0, 0.05) is 39.4 Å². The molecule has 2 rings (SSSR count). The molecule has 0 atom stereocenters. The van der Waals surface area contributed by atoms with Gasteiger partial charge in [0.1, 0.15) is 0 Å². The van der Waals surface area contributed by atoms with Crippen molar-refractivity contribution in [2.24, 2.45) is 10.9 Å². The maximum atomic E-state index is 4.85. The fourth-order valence-corrected chi connectivity index (χ4v) is 2.75. The largest absolute Gasteiger partial charge is 0.378 e. The number of rotatable bonds is 4. The molecule has 0 aliphatic carbocycles. The van der Waals surface area contributed by atoms with Gasteiger partial charge in [-0.05, 0) is 43.4 Å². The average Bonchev–Trinajstić information content (AvgIpc) is 2.52. The van der Waals surface area contributed by atoms with Crippen molar-refractivity contribution in [1.82, 2.24) is 10.2 Å². The summed E-state index contributed by atoms with van der Waals surface area (Å²) in [6, 6.07) is 8.60. The molecule has 1 aromatic carbocycles. The molecule has 0 radical (unpaired) electrons. The number of guanidine groups is 1. The Kier molecular flexibility index (Phi) is 8.73.